The number of nitrogens with zero attached hydrogens (tertiary/aromatic N) is 3. The first-order valence-electron chi connectivity index (χ1n) is 8.66. The summed E-state index contributed by atoms with van der Waals surface area (Å²) in [6.07, 6.45) is 0.327. The molecule has 1 N–H and O–H groups in total. The molecule has 0 saturated carbocycles. The molecule has 0 bridgehead atoms. The van der Waals surface area contributed by atoms with E-state index >= 15 is 0 Å². The lowest BCUT2D eigenvalue weighted by Gasteiger charge is -2.05. The summed E-state index contributed by atoms with van der Waals surface area (Å²) in [5.74, 6) is 0.710. The number of methoxy groups -OCH3 is 1. The van der Waals surface area contributed by atoms with E-state index in [9.17, 15) is 4.79 Å². The number of carbonyl (C=O) groups is 1. The summed E-state index contributed by atoms with van der Waals surface area (Å²) >= 11 is 2.24. The molecule has 0 atom stereocenters. The van der Waals surface area contributed by atoms with E-state index in [0.29, 0.717) is 17.6 Å². The van der Waals surface area contributed by atoms with Crippen LogP contribution in [-0.4, -0.2) is 28.0 Å². The number of aromatic nitrogens is 3. The van der Waals surface area contributed by atoms with E-state index in [1.54, 1.807) is 11.9 Å². The lowest BCUT2D eigenvalue weighted by molar-refractivity contribution is -0.115. The highest BCUT2D eigenvalue weighted by atomic mass is 127. The molecule has 4 aromatic rings. The Labute approximate surface area is 175 Å². The first kappa shape index (κ1) is 18.4. The molecule has 6 nitrogen and oxygen atoms in total. The number of carbonyl (C=O) groups excluding carboxylic acids is 1. The molecule has 0 fully saturated rings. The summed E-state index contributed by atoms with van der Waals surface area (Å²) in [7, 11) is 1.63. The summed E-state index contributed by atoms with van der Waals surface area (Å²) in [6, 6.07) is 20.9. The third-order valence-corrected chi connectivity index (χ3v) is 4.96. The number of nitrogens with one attached hydrogen (secondary N) is 1. The Morgan fingerprint density at radius 3 is 2.43 bits per heavy atom. The molecular formula is C21H17IN4O2. The Bertz CT molecular complexity index is 1120. The summed E-state index contributed by atoms with van der Waals surface area (Å²) < 4.78 is 6.32. The van der Waals surface area contributed by atoms with Gasteiger partial charge in [-0.1, -0.05) is 12.1 Å². The Balaban J connectivity index is 1.50. The summed E-state index contributed by atoms with van der Waals surface area (Å²) in [5.41, 5.74) is 3.98. The molecule has 0 aliphatic rings. The van der Waals surface area contributed by atoms with Crippen LogP contribution in [0.2, 0.25) is 0 Å². The zero-order valence-corrected chi connectivity index (χ0v) is 17.3. The highest BCUT2D eigenvalue weighted by Crippen LogP contribution is 2.19. The second-order valence-electron chi connectivity index (χ2n) is 6.24. The largest absolute Gasteiger partial charge is 0.497 e. The van der Waals surface area contributed by atoms with Gasteiger partial charge in [0, 0.05) is 9.26 Å². The first-order chi connectivity index (χ1) is 13.6. The van der Waals surface area contributed by atoms with E-state index in [1.807, 2.05) is 66.7 Å². The monoisotopic (exact) mass is 484 g/mol. The van der Waals surface area contributed by atoms with Crippen molar-refractivity contribution >= 4 is 45.2 Å². The van der Waals surface area contributed by atoms with Crippen LogP contribution >= 0.6 is 22.6 Å². The second kappa shape index (κ2) is 7.97. The molecule has 0 radical (unpaired) electrons. The number of benzene rings is 3. The van der Waals surface area contributed by atoms with Gasteiger partial charge in [-0.15, -0.1) is 10.2 Å². The quantitative estimate of drug-likeness (QED) is 0.431. The average molecular weight is 484 g/mol. The standard InChI is InChI=1S/C21H17IN4O2/c1-28-18-9-7-17(8-10-18)26-24-19-11-6-16(13-20(19)25-26)23-21(27)12-14-2-4-15(22)5-3-14/h2-11,13H,12H2,1H3,(H,23,27). The summed E-state index contributed by atoms with van der Waals surface area (Å²) in [6.45, 7) is 0. The molecule has 1 aromatic heterocycles. The Kier molecular flexibility index (Phi) is 5.25. The lowest BCUT2D eigenvalue weighted by atomic mass is 10.1. The van der Waals surface area contributed by atoms with Crippen LogP contribution in [0.25, 0.3) is 16.7 Å². The van der Waals surface area contributed by atoms with Gasteiger partial charge in [0.1, 0.15) is 16.8 Å². The maximum Gasteiger partial charge on any atom is 0.228 e. The minimum atomic E-state index is -0.0666. The van der Waals surface area contributed by atoms with Crippen molar-refractivity contribution in [1.82, 2.24) is 15.0 Å². The highest BCUT2D eigenvalue weighted by molar-refractivity contribution is 14.1. The minimum absolute atomic E-state index is 0.0666. The van der Waals surface area contributed by atoms with Gasteiger partial charge in [-0.3, -0.25) is 4.79 Å². The summed E-state index contributed by atoms with van der Waals surface area (Å²) in [4.78, 5) is 13.9. The van der Waals surface area contributed by atoms with Crippen molar-refractivity contribution in [2.45, 2.75) is 6.42 Å². The topological polar surface area (TPSA) is 69.0 Å². The highest BCUT2D eigenvalue weighted by Gasteiger charge is 2.09. The predicted molar refractivity (Wildman–Crippen MR) is 117 cm³/mol. The van der Waals surface area contributed by atoms with Crippen LogP contribution in [0.3, 0.4) is 0 Å². The number of hydrogen-bond acceptors (Lipinski definition) is 4. The maximum absolute atomic E-state index is 12.3. The van der Waals surface area contributed by atoms with Crippen molar-refractivity contribution in [1.29, 1.82) is 0 Å². The van der Waals surface area contributed by atoms with Crippen LogP contribution < -0.4 is 10.1 Å². The zero-order valence-electron chi connectivity index (χ0n) is 15.1. The van der Waals surface area contributed by atoms with Gasteiger partial charge in [0.25, 0.3) is 0 Å². The van der Waals surface area contributed by atoms with Crippen molar-refractivity contribution in [3.8, 4) is 11.4 Å². The van der Waals surface area contributed by atoms with Crippen molar-refractivity contribution in [3.63, 3.8) is 0 Å². The van der Waals surface area contributed by atoms with Gasteiger partial charge in [-0.2, -0.15) is 4.80 Å². The SMILES string of the molecule is COc1ccc(-n2nc3ccc(NC(=O)Cc4ccc(I)cc4)cc3n2)cc1. The molecular weight excluding hydrogens is 467 g/mol. The van der Waals surface area contributed by atoms with Crippen molar-refractivity contribution in [2.24, 2.45) is 0 Å². The van der Waals surface area contributed by atoms with Crippen LogP contribution in [0.4, 0.5) is 5.69 Å². The molecule has 0 aliphatic heterocycles. The molecule has 0 aliphatic carbocycles. The van der Waals surface area contributed by atoms with E-state index in [-0.39, 0.29) is 5.91 Å². The van der Waals surface area contributed by atoms with Gasteiger partial charge in [-0.05, 0) is 82.8 Å². The fraction of sp³-hybridized carbons (Fsp3) is 0.0952. The number of hydrogen-bond donors (Lipinski definition) is 1. The van der Waals surface area contributed by atoms with Crippen molar-refractivity contribution in [3.05, 3.63) is 75.9 Å². The molecule has 0 saturated heterocycles. The van der Waals surface area contributed by atoms with Gasteiger partial charge in [0.15, 0.2) is 0 Å². The second-order valence-corrected chi connectivity index (χ2v) is 7.49. The zero-order chi connectivity index (χ0) is 19.5. The number of fused-ring (bicyclic) bond motifs is 1. The van der Waals surface area contributed by atoms with Gasteiger partial charge < -0.3 is 10.1 Å². The number of rotatable bonds is 5. The molecule has 1 heterocycles. The molecule has 28 heavy (non-hydrogen) atoms. The average Bonchev–Trinajstić information content (AvgIpc) is 3.13. The Hall–Kier alpha value is -2.94. The predicted octanol–water partition coefficient (Wildman–Crippen LogP) is 4.21. The number of ether oxygens (including phenoxy) is 1. The Morgan fingerprint density at radius 2 is 1.71 bits per heavy atom. The van der Waals surface area contributed by atoms with E-state index in [1.165, 1.54) is 0 Å². The fourth-order valence-corrected chi connectivity index (χ4v) is 3.18. The molecule has 0 spiro atoms. The lowest BCUT2D eigenvalue weighted by Crippen LogP contribution is -2.14. The first-order valence-corrected chi connectivity index (χ1v) is 9.74. The van der Waals surface area contributed by atoms with E-state index in [4.69, 9.17) is 4.74 Å². The van der Waals surface area contributed by atoms with Gasteiger partial charge in [0.2, 0.25) is 5.91 Å². The fourth-order valence-electron chi connectivity index (χ4n) is 2.82. The van der Waals surface area contributed by atoms with Gasteiger partial charge in [0.05, 0.1) is 19.2 Å². The summed E-state index contributed by atoms with van der Waals surface area (Å²) in [5, 5.41) is 11.9. The number of anilines is 1. The number of halogens is 1. The van der Waals surface area contributed by atoms with E-state index in [2.05, 4.69) is 38.1 Å². The smallest absolute Gasteiger partial charge is 0.228 e. The van der Waals surface area contributed by atoms with E-state index < -0.39 is 0 Å². The third-order valence-electron chi connectivity index (χ3n) is 4.25. The molecule has 1 amide bonds. The normalized spacial score (nSPS) is 10.8. The van der Waals surface area contributed by atoms with Gasteiger partial charge in [-0.25, -0.2) is 0 Å². The van der Waals surface area contributed by atoms with Crippen LogP contribution in [-0.2, 0) is 11.2 Å². The van der Waals surface area contributed by atoms with Crippen LogP contribution in [0.1, 0.15) is 5.56 Å². The molecule has 4 rings (SSSR count). The molecule has 7 heteroatoms. The van der Waals surface area contributed by atoms with Crippen LogP contribution in [0.5, 0.6) is 5.75 Å². The molecule has 0 unspecified atom stereocenters. The van der Waals surface area contributed by atoms with Gasteiger partial charge >= 0.3 is 0 Å². The third kappa shape index (κ3) is 4.14. The minimum Gasteiger partial charge on any atom is -0.497 e. The molecule has 3 aromatic carbocycles. The van der Waals surface area contributed by atoms with Crippen molar-refractivity contribution < 1.29 is 9.53 Å². The van der Waals surface area contributed by atoms with Crippen LogP contribution in [0.15, 0.2) is 66.7 Å². The van der Waals surface area contributed by atoms with Crippen LogP contribution in [0, 0.1) is 3.57 Å². The van der Waals surface area contributed by atoms with E-state index in [0.717, 1.165) is 26.1 Å². The number of amides is 1. The molecule has 140 valence electrons. The maximum atomic E-state index is 12.3. The Morgan fingerprint density at radius 1 is 1.00 bits per heavy atom. The van der Waals surface area contributed by atoms with Crippen molar-refractivity contribution in [2.75, 3.05) is 12.4 Å².